The van der Waals surface area contributed by atoms with Crippen LogP contribution in [-0.2, 0) is 0 Å². The van der Waals surface area contributed by atoms with E-state index in [9.17, 15) is 4.79 Å². The monoisotopic (exact) mass is 227 g/mol. The number of fused-ring (bicyclic) bond motifs is 1. The molecule has 84 valence electrons. The number of aromatic nitrogens is 3. The topological polar surface area (TPSA) is 60.9 Å². The molecule has 0 fully saturated rings. The molecule has 0 bridgehead atoms. The summed E-state index contributed by atoms with van der Waals surface area (Å²) in [5.41, 5.74) is 1.23. The SMILES string of the molecule is Cc1cc(-n2cnc3ccccc3c2=O)on1. The van der Waals surface area contributed by atoms with Crippen molar-refractivity contribution in [3.05, 3.63) is 52.7 Å². The van der Waals surface area contributed by atoms with Gasteiger partial charge in [-0.3, -0.25) is 4.79 Å². The van der Waals surface area contributed by atoms with E-state index in [4.69, 9.17) is 4.52 Å². The summed E-state index contributed by atoms with van der Waals surface area (Å²) in [5.74, 6) is 0.380. The number of benzene rings is 1. The third-order valence-corrected chi connectivity index (χ3v) is 2.52. The van der Waals surface area contributed by atoms with E-state index in [0.29, 0.717) is 16.8 Å². The molecule has 17 heavy (non-hydrogen) atoms. The molecule has 5 nitrogen and oxygen atoms in total. The van der Waals surface area contributed by atoms with Crippen LogP contribution in [0.2, 0.25) is 0 Å². The molecular weight excluding hydrogens is 218 g/mol. The summed E-state index contributed by atoms with van der Waals surface area (Å²) >= 11 is 0. The van der Waals surface area contributed by atoms with Gasteiger partial charge < -0.3 is 4.52 Å². The van der Waals surface area contributed by atoms with Crippen LogP contribution < -0.4 is 5.56 Å². The van der Waals surface area contributed by atoms with Gasteiger partial charge in [0.15, 0.2) is 0 Å². The Bertz CT molecular complexity index is 743. The predicted molar refractivity (Wildman–Crippen MR) is 62.1 cm³/mol. The van der Waals surface area contributed by atoms with Gasteiger partial charge in [0.05, 0.1) is 16.6 Å². The van der Waals surface area contributed by atoms with Gasteiger partial charge in [0.2, 0.25) is 5.88 Å². The van der Waals surface area contributed by atoms with Crippen LogP contribution in [0.1, 0.15) is 5.69 Å². The van der Waals surface area contributed by atoms with Gasteiger partial charge in [-0.15, -0.1) is 0 Å². The molecule has 0 radical (unpaired) electrons. The second kappa shape index (κ2) is 3.55. The zero-order chi connectivity index (χ0) is 11.8. The van der Waals surface area contributed by atoms with Crippen LogP contribution in [0.5, 0.6) is 0 Å². The summed E-state index contributed by atoms with van der Waals surface area (Å²) < 4.78 is 6.40. The molecule has 0 spiro atoms. The van der Waals surface area contributed by atoms with Gasteiger partial charge in [-0.25, -0.2) is 9.55 Å². The molecule has 0 N–H and O–H groups in total. The lowest BCUT2D eigenvalue weighted by Gasteiger charge is -2.01. The van der Waals surface area contributed by atoms with E-state index in [1.807, 2.05) is 6.07 Å². The van der Waals surface area contributed by atoms with Gasteiger partial charge in [-0.2, -0.15) is 0 Å². The van der Waals surface area contributed by atoms with Crippen molar-refractivity contribution in [1.29, 1.82) is 0 Å². The molecule has 0 saturated heterocycles. The zero-order valence-electron chi connectivity index (χ0n) is 9.12. The van der Waals surface area contributed by atoms with Gasteiger partial charge >= 0.3 is 0 Å². The minimum atomic E-state index is -0.160. The fraction of sp³-hybridized carbons (Fsp3) is 0.0833. The highest BCUT2D eigenvalue weighted by atomic mass is 16.5. The Hall–Kier alpha value is -2.43. The average Bonchev–Trinajstić information content (AvgIpc) is 2.77. The summed E-state index contributed by atoms with van der Waals surface area (Å²) in [6.07, 6.45) is 1.45. The fourth-order valence-corrected chi connectivity index (χ4v) is 1.69. The number of hydrogen-bond donors (Lipinski definition) is 0. The normalized spacial score (nSPS) is 10.9. The van der Waals surface area contributed by atoms with Gasteiger partial charge in [-0.05, 0) is 19.1 Å². The van der Waals surface area contributed by atoms with E-state index >= 15 is 0 Å². The maximum Gasteiger partial charge on any atom is 0.268 e. The smallest absolute Gasteiger partial charge is 0.268 e. The second-order valence-electron chi connectivity index (χ2n) is 3.74. The molecule has 3 aromatic rings. The number of rotatable bonds is 1. The van der Waals surface area contributed by atoms with E-state index in [-0.39, 0.29) is 5.56 Å². The highest BCUT2D eigenvalue weighted by Crippen LogP contribution is 2.09. The summed E-state index contributed by atoms with van der Waals surface area (Å²) in [5, 5.41) is 4.31. The van der Waals surface area contributed by atoms with E-state index in [2.05, 4.69) is 10.1 Å². The maximum absolute atomic E-state index is 12.2. The van der Waals surface area contributed by atoms with Crippen molar-refractivity contribution < 1.29 is 4.52 Å². The van der Waals surface area contributed by atoms with Crippen molar-refractivity contribution in [2.45, 2.75) is 6.92 Å². The largest absolute Gasteiger partial charge is 0.338 e. The third kappa shape index (κ3) is 1.52. The van der Waals surface area contributed by atoms with Crippen molar-refractivity contribution in [2.75, 3.05) is 0 Å². The molecule has 0 aliphatic carbocycles. The Balaban J connectivity index is 2.32. The zero-order valence-corrected chi connectivity index (χ0v) is 9.12. The van der Waals surface area contributed by atoms with Crippen molar-refractivity contribution in [1.82, 2.24) is 14.7 Å². The molecule has 5 heteroatoms. The molecule has 0 aliphatic heterocycles. The van der Waals surface area contributed by atoms with Crippen molar-refractivity contribution in [3.8, 4) is 5.88 Å². The van der Waals surface area contributed by atoms with E-state index in [1.54, 1.807) is 31.2 Å². The molecule has 0 aliphatic rings. The van der Waals surface area contributed by atoms with Crippen LogP contribution in [0.4, 0.5) is 0 Å². The van der Waals surface area contributed by atoms with Crippen LogP contribution in [0, 0.1) is 6.92 Å². The Kier molecular flexibility index (Phi) is 2.04. The molecule has 0 unspecified atom stereocenters. The van der Waals surface area contributed by atoms with Crippen LogP contribution in [0.25, 0.3) is 16.8 Å². The van der Waals surface area contributed by atoms with E-state index < -0.39 is 0 Å². The molecular formula is C12H9N3O2. The lowest BCUT2D eigenvalue weighted by molar-refractivity contribution is 0.399. The number of para-hydroxylation sites is 1. The average molecular weight is 227 g/mol. The van der Waals surface area contributed by atoms with Crippen LogP contribution in [0.15, 0.2) is 46.0 Å². The Morgan fingerprint density at radius 2 is 2.12 bits per heavy atom. The third-order valence-electron chi connectivity index (χ3n) is 2.52. The molecule has 0 atom stereocenters. The first-order valence-corrected chi connectivity index (χ1v) is 5.16. The van der Waals surface area contributed by atoms with Crippen molar-refractivity contribution in [2.24, 2.45) is 0 Å². The van der Waals surface area contributed by atoms with Gasteiger partial charge in [0, 0.05) is 6.07 Å². The molecule has 3 rings (SSSR count). The molecule has 0 amide bonds. The number of hydrogen-bond acceptors (Lipinski definition) is 4. The first-order valence-electron chi connectivity index (χ1n) is 5.16. The number of nitrogens with zero attached hydrogens (tertiary/aromatic N) is 3. The van der Waals surface area contributed by atoms with Crippen molar-refractivity contribution >= 4 is 10.9 Å². The lowest BCUT2D eigenvalue weighted by atomic mass is 10.2. The molecule has 1 aromatic carbocycles. The Labute approximate surface area is 96.3 Å². The number of aryl methyl sites for hydroxylation is 1. The van der Waals surface area contributed by atoms with Crippen LogP contribution in [0.3, 0.4) is 0 Å². The summed E-state index contributed by atoms with van der Waals surface area (Å²) in [4.78, 5) is 16.4. The first kappa shape index (κ1) is 9.77. The maximum atomic E-state index is 12.2. The van der Waals surface area contributed by atoms with Crippen LogP contribution in [-0.4, -0.2) is 14.7 Å². The first-order chi connectivity index (χ1) is 8.25. The lowest BCUT2D eigenvalue weighted by Crippen LogP contribution is -2.18. The summed E-state index contributed by atoms with van der Waals surface area (Å²) in [6, 6.07) is 8.88. The fourth-order valence-electron chi connectivity index (χ4n) is 1.69. The Morgan fingerprint density at radius 3 is 2.88 bits per heavy atom. The summed E-state index contributed by atoms with van der Waals surface area (Å²) in [7, 11) is 0. The van der Waals surface area contributed by atoms with Gasteiger partial charge in [-0.1, -0.05) is 17.3 Å². The van der Waals surface area contributed by atoms with E-state index in [0.717, 1.165) is 5.69 Å². The second-order valence-corrected chi connectivity index (χ2v) is 3.74. The van der Waals surface area contributed by atoms with E-state index in [1.165, 1.54) is 10.9 Å². The quantitative estimate of drug-likeness (QED) is 0.634. The molecule has 0 saturated carbocycles. The summed E-state index contributed by atoms with van der Waals surface area (Å²) in [6.45, 7) is 1.80. The molecule has 2 aromatic heterocycles. The standard InChI is InChI=1S/C12H9N3O2/c1-8-6-11(17-14-8)15-7-13-10-5-3-2-4-9(10)12(15)16/h2-7H,1H3. The predicted octanol–water partition coefficient (Wildman–Crippen LogP) is 1.68. The molecule has 2 heterocycles. The highest BCUT2D eigenvalue weighted by Gasteiger charge is 2.08. The van der Waals surface area contributed by atoms with Crippen molar-refractivity contribution in [3.63, 3.8) is 0 Å². The van der Waals surface area contributed by atoms with Gasteiger partial charge in [0.1, 0.15) is 6.33 Å². The van der Waals surface area contributed by atoms with Crippen LogP contribution >= 0.6 is 0 Å². The Morgan fingerprint density at radius 1 is 1.29 bits per heavy atom. The minimum Gasteiger partial charge on any atom is -0.338 e. The highest BCUT2D eigenvalue weighted by molar-refractivity contribution is 5.77. The van der Waals surface area contributed by atoms with Gasteiger partial charge in [0.25, 0.3) is 5.56 Å². The minimum absolute atomic E-state index is 0.160.